The minimum absolute atomic E-state index is 0.0271. The standard InChI is InChI=1S/C30H35ClF4N8O/c1-16-13-41(27-25-28(43-15-36-39-29(43)38-27)42(18(3)37-25)14-22-5-4-8-44-22)17(2)12-40(16)26(19-6-7-24(32)23(31)11-19)20-9-21(10-20)30(33,34)35/h6-7,11,15-17,20-22,26H,4-5,8-10,12-14H2,1-3H3/t16-,17+,20?,21?,22+,26?/m1/s1. The lowest BCUT2D eigenvalue weighted by Crippen LogP contribution is -2.59. The number of aryl methyl sites for hydroxylation is 1. The topological polar surface area (TPSA) is 76.6 Å². The second-order valence-electron chi connectivity index (χ2n) is 12.6. The van der Waals surface area contributed by atoms with E-state index in [2.05, 4.69) is 38.4 Å². The summed E-state index contributed by atoms with van der Waals surface area (Å²) in [6.45, 7) is 8.69. The van der Waals surface area contributed by atoms with Crippen molar-refractivity contribution in [2.24, 2.45) is 11.8 Å². The number of imidazole rings is 1. The number of alkyl halides is 3. The molecule has 2 aliphatic heterocycles. The number of halogens is 5. The SMILES string of the molecule is Cc1nc2c(N3C[C@@H](C)N(C(c4ccc(F)c(Cl)c4)C4CC(C(F)(F)F)C4)C[C@@H]3C)nc3nncn3c2n1C[C@@H]1CCCO1. The summed E-state index contributed by atoms with van der Waals surface area (Å²) in [5, 5.41) is 8.38. The van der Waals surface area contributed by atoms with Crippen LogP contribution in [0, 0.1) is 24.6 Å². The lowest BCUT2D eigenvalue weighted by Gasteiger charge is -2.52. The predicted octanol–water partition coefficient (Wildman–Crippen LogP) is 5.98. The summed E-state index contributed by atoms with van der Waals surface area (Å²) in [4.78, 5) is 14.4. The number of rotatable bonds is 6. The molecule has 3 fully saturated rings. The van der Waals surface area contributed by atoms with E-state index in [0.29, 0.717) is 31.2 Å². The Morgan fingerprint density at radius 3 is 2.61 bits per heavy atom. The van der Waals surface area contributed by atoms with Crippen LogP contribution in [0.15, 0.2) is 24.5 Å². The number of piperazine rings is 1. The molecule has 7 rings (SSSR count). The Hall–Kier alpha value is -3.03. The second-order valence-corrected chi connectivity index (χ2v) is 13.1. The van der Waals surface area contributed by atoms with Crippen LogP contribution in [0.1, 0.15) is 57.0 Å². The first-order chi connectivity index (χ1) is 21.0. The van der Waals surface area contributed by atoms with E-state index in [9.17, 15) is 17.6 Å². The molecule has 3 aromatic heterocycles. The summed E-state index contributed by atoms with van der Waals surface area (Å²) >= 11 is 6.17. The number of hydrogen-bond acceptors (Lipinski definition) is 7. The normalized spacial score (nSPS) is 27.4. The van der Waals surface area contributed by atoms with E-state index < -0.39 is 17.9 Å². The lowest BCUT2D eigenvalue weighted by atomic mass is 9.68. The summed E-state index contributed by atoms with van der Waals surface area (Å²) in [6, 6.07) is 4.08. The molecule has 236 valence electrons. The quantitative estimate of drug-likeness (QED) is 0.242. The first-order valence-corrected chi connectivity index (χ1v) is 15.6. The van der Waals surface area contributed by atoms with E-state index in [0.717, 1.165) is 42.0 Å². The highest BCUT2D eigenvalue weighted by atomic mass is 35.5. The zero-order valence-corrected chi connectivity index (χ0v) is 25.6. The fourth-order valence-corrected chi connectivity index (χ4v) is 7.60. The number of nitrogens with zero attached hydrogens (tertiary/aromatic N) is 8. The minimum Gasteiger partial charge on any atom is -0.376 e. The van der Waals surface area contributed by atoms with Crippen molar-refractivity contribution in [2.45, 2.75) is 83.4 Å². The van der Waals surface area contributed by atoms with Gasteiger partial charge in [-0.3, -0.25) is 4.90 Å². The van der Waals surface area contributed by atoms with Crippen molar-refractivity contribution in [3.05, 3.63) is 46.8 Å². The molecule has 5 heterocycles. The van der Waals surface area contributed by atoms with Gasteiger partial charge in [-0.2, -0.15) is 18.2 Å². The molecule has 3 aliphatic rings. The smallest absolute Gasteiger partial charge is 0.376 e. The fraction of sp³-hybridized carbons (Fsp3) is 0.600. The van der Waals surface area contributed by atoms with E-state index in [1.165, 1.54) is 6.07 Å². The molecule has 1 aliphatic carbocycles. The molecule has 44 heavy (non-hydrogen) atoms. The van der Waals surface area contributed by atoms with E-state index in [1.54, 1.807) is 18.5 Å². The summed E-state index contributed by atoms with van der Waals surface area (Å²) in [5.74, 6) is -0.0736. The van der Waals surface area contributed by atoms with Gasteiger partial charge < -0.3 is 14.2 Å². The van der Waals surface area contributed by atoms with Crippen molar-refractivity contribution in [3.63, 3.8) is 0 Å². The van der Waals surface area contributed by atoms with Crippen molar-refractivity contribution in [2.75, 3.05) is 24.6 Å². The molecule has 4 aromatic rings. The van der Waals surface area contributed by atoms with Gasteiger partial charge in [0.25, 0.3) is 5.78 Å². The summed E-state index contributed by atoms with van der Waals surface area (Å²) in [6.07, 6.45) is -0.358. The van der Waals surface area contributed by atoms with Crippen LogP contribution in [0.25, 0.3) is 16.9 Å². The molecule has 14 heteroatoms. The number of ether oxygens (including phenoxy) is 1. The Morgan fingerprint density at radius 2 is 1.91 bits per heavy atom. The van der Waals surface area contributed by atoms with Crippen LogP contribution in [-0.4, -0.2) is 78.1 Å². The largest absolute Gasteiger partial charge is 0.391 e. The Bertz CT molecular complexity index is 1680. The molecule has 1 unspecified atom stereocenters. The Kier molecular flexibility index (Phi) is 7.48. The van der Waals surface area contributed by atoms with Gasteiger partial charge in [-0.1, -0.05) is 17.7 Å². The molecule has 9 nitrogen and oxygen atoms in total. The third-order valence-electron chi connectivity index (χ3n) is 9.75. The maximum absolute atomic E-state index is 14.1. The van der Waals surface area contributed by atoms with Gasteiger partial charge in [0.15, 0.2) is 11.5 Å². The molecule has 0 N–H and O–H groups in total. The van der Waals surface area contributed by atoms with Crippen LogP contribution in [-0.2, 0) is 11.3 Å². The summed E-state index contributed by atoms with van der Waals surface area (Å²) in [5.41, 5.74) is 2.34. The van der Waals surface area contributed by atoms with Gasteiger partial charge in [-0.15, -0.1) is 10.2 Å². The monoisotopic (exact) mass is 634 g/mol. The van der Waals surface area contributed by atoms with E-state index in [1.807, 2.05) is 11.3 Å². The summed E-state index contributed by atoms with van der Waals surface area (Å²) < 4.78 is 64.6. The number of aromatic nitrogens is 6. The van der Waals surface area contributed by atoms with Crippen LogP contribution in [0.5, 0.6) is 0 Å². The van der Waals surface area contributed by atoms with Gasteiger partial charge in [0.1, 0.15) is 23.5 Å². The van der Waals surface area contributed by atoms with Gasteiger partial charge in [-0.25, -0.2) is 13.8 Å². The molecular weight excluding hydrogens is 600 g/mol. The maximum Gasteiger partial charge on any atom is 0.391 e. The zero-order valence-electron chi connectivity index (χ0n) is 24.8. The van der Waals surface area contributed by atoms with Crippen LogP contribution >= 0.6 is 11.6 Å². The Morgan fingerprint density at radius 1 is 1.11 bits per heavy atom. The lowest BCUT2D eigenvalue weighted by molar-refractivity contribution is -0.211. The molecule has 1 saturated carbocycles. The van der Waals surface area contributed by atoms with Crippen molar-refractivity contribution in [1.82, 2.24) is 34.0 Å². The molecule has 0 amide bonds. The Labute approximate surface area is 257 Å². The van der Waals surface area contributed by atoms with Crippen molar-refractivity contribution in [1.29, 1.82) is 0 Å². The third-order valence-corrected chi connectivity index (χ3v) is 10.0. The van der Waals surface area contributed by atoms with Crippen LogP contribution in [0.3, 0.4) is 0 Å². The van der Waals surface area contributed by atoms with Crippen molar-refractivity contribution in [3.8, 4) is 0 Å². The fourth-order valence-electron chi connectivity index (χ4n) is 7.41. The van der Waals surface area contributed by atoms with E-state index in [4.69, 9.17) is 26.3 Å². The van der Waals surface area contributed by atoms with Crippen LogP contribution in [0.2, 0.25) is 5.02 Å². The van der Waals surface area contributed by atoms with Gasteiger partial charge in [0, 0.05) is 37.8 Å². The van der Waals surface area contributed by atoms with E-state index >= 15 is 0 Å². The Balaban J connectivity index is 1.22. The first kappa shape index (κ1) is 29.7. The highest BCUT2D eigenvalue weighted by Gasteiger charge is 2.52. The van der Waals surface area contributed by atoms with E-state index in [-0.39, 0.29) is 48.0 Å². The highest BCUT2D eigenvalue weighted by Crippen LogP contribution is 2.52. The van der Waals surface area contributed by atoms with Gasteiger partial charge in [0.2, 0.25) is 0 Å². The first-order valence-electron chi connectivity index (χ1n) is 15.2. The molecular formula is C30H35ClF4N8O. The predicted molar refractivity (Wildman–Crippen MR) is 157 cm³/mol. The minimum atomic E-state index is -4.22. The van der Waals surface area contributed by atoms with Crippen LogP contribution in [0.4, 0.5) is 23.4 Å². The maximum atomic E-state index is 14.1. The molecule has 1 aromatic carbocycles. The number of hydrogen-bond donors (Lipinski definition) is 0. The molecule has 0 bridgehead atoms. The molecule has 4 atom stereocenters. The molecule has 2 saturated heterocycles. The number of anilines is 1. The molecule has 0 spiro atoms. The zero-order chi connectivity index (χ0) is 30.9. The average molecular weight is 635 g/mol. The average Bonchev–Trinajstić information content (AvgIpc) is 3.69. The van der Waals surface area contributed by atoms with Crippen molar-refractivity contribution >= 4 is 34.4 Å². The van der Waals surface area contributed by atoms with Crippen LogP contribution < -0.4 is 4.90 Å². The number of fused-ring (bicyclic) bond motifs is 3. The number of benzene rings is 1. The van der Waals surface area contributed by atoms with Gasteiger partial charge in [0.05, 0.1) is 23.6 Å². The van der Waals surface area contributed by atoms with Gasteiger partial charge >= 0.3 is 6.18 Å². The second kappa shape index (κ2) is 11.1. The van der Waals surface area contributed by atoms with Gasteiger partial charge in [-0.05, 0) is 70.1 Å². The summed E-state index contributed by atoms with van der Waals surface area (Å²) in [7, 11) is 0. The molecule has 0 radical (unpaired) electrons. The van der Waals surface area contributed by atoms with Crippen molar-refractivity contribution < 1.29 is 22.3 Å². The third kappa shape index (κ3) is 5.10. The highest BCUT2D eigenvalue weighted by molar-refractivity contribution is 6.30.